The molecule has 1 N–H and O–H groups in total. The van der Waals surface area contributed by atoms with Gasteiger partial charge in [-0.25, -0.2) is 0 Å². The van der Waals surface area contributed by atoms with Crippen LogP contribution in [-0.2, 0) is 27.9 Å². The second kappa shape index (κ2) is 68.8. The Bertz CT molecular complexity index is 1860. The molecule has 0 heterocycles. The summed E-state index contributed by atoms with van der Waals surface area (Å²) in [6.45, 7) is 6.75. The molecule has 9 nitrogen and oxygen atoms in total. The lowest BCUT2D eigenvalue weighted by molar-refractivity contribution is -0.870. The van der Waals surface area contributed by atoms with Crippen molar-refractivity contribution in [2.45, 2.75) is 360 Å². The van der Waals surface area contributed by atoms with Gasteiger partial charge in [0.1, 0.15) is 19.3 Å². The van der Waals surface area contributed by atoms with Gasteiger partial charge in [-0.2, -0.15) is 0 Å². The molecule has 0 bridgehead atoms. The largest absolute Gasteiger partial charge is 0.756 e. The van der Waals surface area contributed by atoms with Crippen LogP contribution in [0.15, 0.2) is 97.2 Å². The summed E-state index contributed by atoms with van der Waals surface area (Å²) in [5.41, 5.74) is 0. The number of phosphoric ester groups is 1. The summed E-state index contributed by atoms with van der Waals surface area (Å²) in [4.78, 5) is 40.3. The highest BCUT2D eigenvalue weighted by molar-refractivity contribution is 7.45. The molecule has 10 heteroatoms. The summed E-state index contributed by atoms with van der Waals surface area (Å²) in [5, 5.41) is 3.04. The van der Waals surface area contributed by atoms with Crippen molar-refractivity contribution in [3.63, 3.8) is 0 Å². The van der Waals surface area contributed by atoms with Crippen LogP contribution in [0, 0.1) is 0 Å². The molecular weight excluding hydrogens is 1130 g/mol. The second-order valence-electron chi connectivity index (χ2n) is 26.8. The van der Waals surface area contributed by atoms with Gasteiger partial charge >= 0.3 is 5.97 Å². The van der Waals surface area contributed by atoms with Crippen molar-refractivity contribution in [3.05, 3.63) is 97.2 Å². The lowest BCUT2D eigenvalue weighted by Gasteiger charge is -2.30. The topological polar surface area (TPSA) is 114 Å². The van der Waals surface area contributed by atoms with E-state index in [0.717, 1.165) is 122 Å². The number of carbonyl (C=O) groups excluding carboxylic acids is 2. The fourth-order valence-electron chi connectivity index (χ4n) is 10.9. The number of phosphoric acid groups is 1. The fourth-order valence-corrected chi connectivity index (χ4v) is 11.7. The molecule has 0 aliphatic rings. The van der Waals surface area contributed by atoms with Crippen molar-refractivity contribution in [1.82, 2.24) is 5.32 Å². The molecule has 3 unspecified atom stereocenters. The highest BCUT2D eigenvalue weighted by Gasteiger charge is 2.27. The third-order valence-corrected chi connectivity index (χ3v) is 17.7. The smallest absolute Gasteiger partial charge is 0.306 e. The molecule has 0 spiro atoms. The van der Waals surface area contributed by atoms with Crippen molar-refractivity contribution < 1.29 is 37.3 Å². The zero-order valence-electron chi connectivity index (χ0n) is 59.8. The molecule has 0 aliphatic carbocycles. The first-order valence-electron chi connectivity index (χ1n) is 38.0. The number of nitrogens with one attached hydrogen (secondary N) is 1. The van der Waals surface area contributed by atoms with Crippen molar-refractivity contribution >= 4 is 19.7 Å². The Labute approximate surface area is 558 Å². The number of quaternary nitrogens is 1. The number of rotatable bonds is 69. The number of esters is 1. The standard InChI is InChI=1S/C80H145N2O7P/c1-7-10-13-16-19-22-25-28-30-32-34-36-38-40-41-43-45-47-49-51-53-55-58-61-64-67-70-73-80(84)89-78(71-68-65-62-59-56-27-24-21-18-15-12-9-3)77(76-88-90(85,86)87-75-74-82(4,5)6)81-79(83)72-69-66-63-60-57-54-52-50-48-46-44-42-39-37-35-33-31-29-26-23-20-17-14-11-8-2/h11,14,20,23,28-31,35,37,42,44,48,50,68,71,77-78H,7-10,12-13,15-19,21-22,24-27,32-34,36,38-41,43,45-47,49,51-67,69-70,72-76H2,1-6H3,(H-,81,83,85,86)/b14-11-,23-20-,30-28+,31-29-,37-35-,44-42-,50-48-,71-68+. The second-order valence-corrected chi connectivity index (χ2v) is 28.2. The van der Waals surface area contributed by atoms with E-state index in [-0.39, 0.29) is 24.9 Å². The van der Waals surface area contributed by atoms with Crippen LogP contribution < -0.4 is 10.2 Å². The van der Waals surface area contributed by atoms with Crippen molar-refractivity contribution in [2.24, 2.45) is 0 Å². The Hall–Kier alpha value is -3.07. The number of hydrogen-bond acceptors (Lipinski definition) is 7. The zero-order valence-corrected chi connectivity index (χ0v) is 60.7. The number of hydrogen-bond donors (Lipinski definition) is 1. The molecule has 0 aromatic heterocycles. The molecule has 0 saturated heterocycles. The fraction of sp³-hybridized carbons (Fsp3) is 0.775. The van der Waals surface area contributed by atoms with Crippen LogP contribution in [0.1, 0.15) is 348 Å². The third-order valence-electron chi connectivity index (χ3n) is 16.7. The molecule has 0 fully saturated rings. The minimum Gasteiger partial charge on any atom is -0.756 e. The summed E-state index contributed by atoms with van der Waals surface area (Å²) < 4.78 is 30.5. The zero-order chi connectivity index (χ0) is 65.6. The summed E-state index contributed by atoms with van der Waals surface area (Å²) in [5.74, 6) is -0.550. The van der Waals surface area contributed by atoms with Crippen LogP contribution in [0.25, 0.3) is 0 Å². The first kappa shape index (κ1) is 86.9. The Balaban J connectivity index is 5.01. The van der Waals surface area contributed by atoms with E-state index in [2.05, 4.69) is 111 Å². The van der Waals surface area contributed by atoms with Crippen LogP contribution in [0.4, 0.5) is 0 Å². The lowest BCUT2D eigenvalue weighted by Crippen LogP contribution is -2.47. The normalized spacial score (nSPS) is 14.0. The number of nitrogens with zero attached hydrogens (tertiary/aromatic N) is 1. The van der Waals surface area contributed by atoms with E-state index in [9.17, 15) is 19.0 Å². The van der Waals surface area contributed by atoms with Crippen LogP contribution in [0.2, 0.25) is 0 Å². The molecular formula is C80H145N2O7P. The van der Waals surface area contributed by atoms with Gasteiger partial charge in [0.25, 0.3) is 7.82 Å². The third kappa shape index (κ3) is 69.3. The number of likely N-dealkylation sites (N-methyl/N-ethyl adjacent to an activating group) is 1. The first-order valence-corrected chi connectivity index (χ1v) is 39.5. The SMILES string of the molecule is CC/C=C\C/C=C\C/C=C\C/C=C\C/C=C\C/C=C\CCCCCCCCC(=O)NC(COP(=O)([O-])OCC[N+](C)(C)C)C(/C=C/CCCCCCCCCCCC)OC(=O)CCCCCCCCCCCCCCCCCCC/C=C/CCCCCCCC. The minimum atomic E-state index is -4.72. The summed E-state index contributed by atoms with van der Waals surface area (Å²) >= 11 is 0. The maximum atomic E-state index is 13.6. The molecule has 1 amide bonds. The van der Waals surface area contributed by atoms with Gasteiger partial charge in [-0.3, -0.25) is 14.2 Å². The molecule has 0 rings (SSSR count). The van der Waals surface area contributed by atoms with Crippen LogP contribution in [0.5, 0.6) is 0 Å². The summed E-state index contributed by atoms with van der Waals surface area (Å²) in [7, 11) is 1.17. The van der Waals surface area contributed by atoms with Gasteiger partial charge in [0.2, 0.25) is 5.91 Å². The van der Waals surface area contributed by atoms with E-state index < -0.39 is 26.6 Å². The van der Waals surface area contributed by atoms with E-state index >= 15 is 0 Å². The highest BCUT2D eigenvalue weighted by Crippen LogP contribution is 2.38. The predicted octanol–water partition coefficient (Wildman–Crippen LogP) is 24.0. The Morgan fingerprint density at radius 3 is 1.08 bits per heavy atom. The number of ether oxygens (including phenoxy) is 1. The van der Waals surface area contributed by atoms with Gasteiger partial charge in [-0.1, -0.05) is 324 Å². The van der Waals surface area contributed by atoms with Gasteiger partial charge in [0.05, 0.1) is 33.8 Å². The van der Waals surface area contributed by atoms with Gasteiger partial charge in [0, 0.05) is 12.8 Å². The average molecular weight is 1280 g/mol. The van der Waals surface area contributed by atoms with Crippen LogP contribution >= 0.6 is 7.82 Å². The van der Waals surface area contributed by atoms with Crippen LogP contribution in [-0.4, -0.2) is 69.4 Å². The van der Waals surface area contributed by atoms with Crippen molar-refractivity contribution in [3.8, 4) is 0 Å². The number of unbranched alkanes of at least 4 members (excludes halogenated alkanes) is 39. The molecule has 0 radical (unpaired) electrons. The Morgan fingerprint density at radius 1 is 0.400 bits per heavy atom. The molecule has 522 valence electrons. The van der Waals surface area contributed by atoms with Crippen LogP contribution in [0.3, 0.4) is 0 Å². The molecule has 0 aromatic carbocycles. The molecule has 90 heavy (non-hydrogen) atoms. The van der Waals surface area contributed by atoms with Crippen molar-refractivity contribution in [1.29, 1.82) is 0 Å². The first-order chi connectivity index (χ1) is 43.9. The number of carbonyl (C=O) groups is 2. The van der Waals surface area contributed by atoms with Gasteiger partial charge in [-0.15, -0.1) is 0 Å². The van der Waals surface area contributed by atoms with E-state index in [4.69, 9.17) is 13.8 Å². The highest BCUT2D eigenvalue weighted by atomic mass is 31.2. The number of allylic oxidation sites excluding steroid dienone is 15. The van der Waals surface area contributed by atoms with Gasteiger partial charge in [0.15, 0.2) is 0 Å². The summed E-state index contributed by atoms with van der Waals surface area (Å²) in [6.07, 6.45) is 94.0. The molecule has 3 atom stereocenters. The van der Waals surface area contributed by atoms with Gasteiger partial charge in [-0.05, 0) is 109 Å². The van der Waals surface area contributed by atoms with E-state index in [1.54, 1.807) is 0 Å². The predicted molar refractivity (Wildman–Crippen MR) is 390 cm³/mol. The average Bonchev–Trinajstić information content (AvgIpc) is 3.11. The van der Waals surface area contributed by atoms with Crippen molar-refractivity contribution in [2.75, 3.05) is 40.9 Å². The summed E-state index contributed by atoms with van der Waals surface area (Å²) in [6, 6.07) is -0.902. The maximum Gasteiger partial charge on any atom is 0.306 e. The van der Waals surface area contributed by atoms with E-state index in [0.29, 0.717) is 17.4 Å². The molecule has 0 saturated carbocycles. The lowest BCUT2D eigenvalue weighted by atomic mass is 10.0. The minimum absolute atomic E-state index is 0.0283. The number of amides is 1. The Kier molecular flexibility index (Phi) is 66.4. The molecule has 0 aromatic rings. The van der Waals surface area contributed by atoms with Gasteiger partial charge < -0.3 is 28.5 Å². The molecule has 0 aliphatic heterocycles. The quantitative estimate of drug-likeness (QED) is 0.0212. The van der Waals surface area contributed by atoms with E-state index in [1.165, 1.54) is 193 Å². The Morgan fingerprint density at radius 2 is 0.711 bits per heavy atom. The monoisotopic (exact) mass is 1280 g/mol. The maximum absolute atomic E-state index is 13.6. The van der Waals surface area contributed by atoms with E-state index in [1.807, 2.05) is 33.3 Å².